The summed E-state index contributed by atoms with van der Waals surface area (Å²) in [5.74, 6) is -0.0978. The molecule has 9 heteroatoms. The van der Waals surface area contributed by atoms with Gasteiger partial charge in [-0.15, -0.1) is 0 Å². The van der Waals surface area contributed by atoms with E-state index in [1.165, 1.54) is 23.3 Å². The average molecular weight is 250 g/mol. The molecule has 2 heterocycles. The fraction of sp³-hybridized carbons (Fsp3) is 0.222. The lowest BCUT2D eigenvalue weighted by molar-refractivity contribution is -0.389. The van der Waals surface area contributed by atoms with E-state index in [0.29, 0.717) is 12.5 Å². The predicted molar refractivity (Wildman–Crippen MR) is 60.7 cm³/mol. The van der Waals surface area contributed by atoms with Gasteiger partial charge >= 0.3 is 5.82 Å². The van der Waals surface area contributed by atoms with Gasteiger partial charge in [-0.1, -0.05) is 0 Å². The van der Waals surface area contributed by atoms with E-state index in [-0.39, 0.29) is 18.1 Å². The molecule has 2 N–H and O–H groups in total. The predicted octanol–water partition coefficient (Wildman–Crippen LogP) is 0.543. The Balaban J connectivity index is 1.83. The number of hydrogen-bond acceptors (Lipinski definition) is 5. The molecule has 94 valence electrons. The molecule has 0 atom stereocenters. The van der Waals surface area contributed by atoms with Crippen LogP contribution in [-0.4, -0.2) is 30.3 Å². The topological polar surface area (TPSA) is 119 Å². The summed E-state index contributed by atoms with van der Waals surface area (Å²) in [6.45, 7) is 0.313. The first-order valence-electron chi connectivity index (χ1n) is 5.10. The number of aromatic amines is 1. The van der Waals surface area contributed by atoms with Crippen molar-refractivity contribution in [2.45, 2.75) is 13.0 Å². The summed E-state index contributed by atoms with van der Waals surface area (Å²) in [5, 5.41) is 13.0. The van der Waals surface area contributed by atoms with Crippen LogP contribution in [0.3, 0.4) is 0 Å². The highest BCUT2D eigenvalue weighted by Crippen LogP contribution is 2.06. The van der Waals surface area contributed by atoms with Crippen LogP contribution in [0.1, 0.15) is 6.42 Å². The number of H-pyrrole nitrogens is 1. The van der Waals surface area contributed by atoms with Crippen LogP contribution in [0.4, 0.5) is 11.8 Å². The summed E-state index contributed by atoms with van der Waals surface area (Å²) in [6.07, 6.45) is 5.89. The SMILES string of the molecule is O=C(CCn1cnc([N+](=O)[O-])c1)Nc1ncc[nH]1. The van der Waals surface area contributed by atoms with Crippen LogP contribution in [0.5, 0.6) is 0 Å². The van der Waals surface area contributed by atoms with Gasteiger partial charge in [-0.3, -0.25) is 10.1 Å². The zero-order valence-electron chi connectivity index (χ0n) is 9.24. The fourth-order valence-electron chi connectivity index (χ4n) is 1.32. The van der Waals surface area contributed by atoms with Crippen molar-refractivity contribution in [3.8, 4) is 0 Å². The van der Waals surface area contributed by atoms with Crippen molar-refractivity contribution in [1.29, 1.82) is 0 Å². The van der Waals surface area contributed by atoms with E-state index < -0.39 is 4.92 Å². The van der Waals surface area contributed by atoms with Crippen molar-refractivity contribution < 1.29 is 9.72 Å². The van der Waals surface area contributed by atoms with E-state index in [0.717, 1.165) is 0 Å². The molecule has 0 aliphatic rings. The number of carbonyl (C=O) groups excluding carboxylic acids is 1. The third kappa shape index (κ3) is 2.90. The Morgan fingerprint density at radius 2 is 2.39 bits per heavy atom. The minimum absolute atomic E-state index is 0.175. The van der Waals surface area contributed by atoms with Gasteiger partial charge in [0.1, 0.15) is 6.20 Å². The first kappa shape index (κ1) is 11.8. The number of carbonyl (C=O) groups is 1. The molecule has 2 rings (SSSR count). The molecule has 9 nitrogen and oxygen atoms in total. The van der Waals surface area contributed by atoms with Gasteiger partial charge in [0.25, 0.3) is 0 Å². The second-order valence-electron chi connectivity index (χ2n) is 3.46. The molecular weight excluding hydrogens is 240 g/mol. The van der Waals surface area contributed by atoms with E-state index in [9.17, 15) is 14.9 Å². The van der Waals surface area contributed by atoms with Crippen LogP contribution in [0, 0.1) is 10.1 Å². The Morgan fingerprint density at radius 1 is 1.56 bits per heavy atom. The molecule has 0 aliphatic heterocycles. The standard InChI is InChI=1S/C9H10N6O3/c16-8(13-9-10-2-3-11-9)1-4-14-5-7(12-6-14)15(17)18/h2-3,5-6H,1,4H2,(H2,10,11,13,16). The lowest BCUT2D eigenvalue weighted by Gasteiger charge is -2.01. The van der Waals surface area contributed by atoms with Crippen LogP contribution in [0.2, 0.25) is 0 Å². The molecule has 0 radical (unpaired) electrons. The maximum atomic E-state index is 11.5. The van der Waals surface area contributed by atoms with Crippen molar-refractivity contribution in [3.63, 3.8) is 0 Å². The summed E-state index contributed by atoms with van der Waals surface area (Å²) < 4.78 is 1.49. The number of aromatic nitrogens is 4. The number of nitrogens with zero attached hydrogens (tertiary/aromatic N) is 4. The molecule has 0 aliphatic carbocycles. The Bertz CT molecular complexity index is 546. The van der Waals surface area contributed by atoms with Crippen LogP contribution in [-0.2, 0) is 11.3 Å². The molecule has 0 spiro atoms. The number of hydrogen-bond donors (Lipinski definition) is 2. The summed E-state index contributed by atoms with van der Waals surface area (Å²) >= 11 is 0. The Hall–Kier alpha value is -2.71. The maximum absolute atomic E-state index is 11.5. The van der Waals surface area contributed by atoms with Gasteiger partial charge in [0.2, 0.25) is 18.2 Å². The van der Waals surface area contributed by atoms with E-state index in [2.05, 4.69) is 20.3 Å². The highest BCUT2D eigenvalue weighted by atomic mass is 16.6. The molecule has 0 saturated heterocycles. The Kier molecular flexibility index (Phi) is 3.32. The van der Waals surface area contributed by atoms with Crippen LogP contribution < -0.4 is 5.32 Å². The van der Waals surface area contributed by atoms with Crippen LogP contribution in [0.25, 0.3) is 0 Å². The number of amides is 1. The third-order valence-electron chi connectivity index (χ3n) is 2.16. The van der Waals surface area contributed by atoms with Gasteiger partial charge in [-0.2, -0.15) is 0 Å². The Morgan fingerprint density at radius 3 is 3.00 bits per heavy atom. The number of aryl methyl sites for hydroxylation is 1. The molecule has 0 aromatic carbocycles. The first-order valence-corrected chi connectivity index (χ1v) is 5.10. The third-order valence-corrected chi connectivity index (χ3v) is 2.16. The first-order chi connectivity index (χ1) is 8.65. The van der Waals surface area contributed by atoms with Crippen molar-refractivity contribution in [2.24, 2.45) is 0 Å². The highest BCUT2D eigenvalue weighted by Gasteiger charge is 2.10. The molecule has 2 aromatic rings. The van der Waals surface area contributed by atoms with Crippen molar-refractivity contribution >= 4 is 17.7 Å². The van der Waals surface area contributed by atoms with Crippen molar-refractivity contribution in [3.05, 3.63) is 35.0 Å². The van der Waals surface area contributed by atoms with Gasteiger partial charge in [0.15, 0.2) is 0 Å². The molecule has 18 heavy (non-hydrogen) atoms. The van der Waals surface area contributed by atoms with Gasteiger partial charge in [-0.25, -0.2) is 4.98 Å². The van der Waals surface area contributed by atoms with Crippen molar-refractivity contribution in [2.75, 3.05) is 5.32 Å². The van der Waals surface area contributed by atoms with E-state index in [1.807, 2.05) is 0 Å². The highest BCUT2D eigenvalue weighted by molar-refractivity contribution is 5.88. The summed E-state index contributed by atoms with van der Waals surface area (Å²) in [6, 6.07) is 0. The zero-order chi connectivity index (χ0) is 13.0. The van der Waals surface area contributed by atoms with E-state index in [4.69, 9.17) is 0 Å². The van der Waals surface area contributed by atoms with Gasteiger partial charge in [0, 0.05) is 25.4 Å². The largest absolute Gasteiger partial charge is 0.381 e. The number of anilines is 1. The van der Waals surface area contributed by atoms with E-state index in [1.54, 1.807) is 6.20 Å². The molecule has 2 aromatic heterocycles. The number of rotatable bonds is 5. The minimum atomic E-state index is -0.584. The summed E-state index contributed by atoms with van der Waals surface area (Å²) in [5.41, 5.74) is 0. The maximum Gasteiger partial charge on any atom is 0.381 e. The summed E-state index contributed by atoms with van der Waals surface area (Å²) in [7, 11) is 0. The fourth-order valence-corrected chi connectivity index (χ4v) is 1.32. The van der Waals surface area contributed by atoms with Crippen molar-refractivity contribution in [1.82, 2.24) is 19.5 Å². The minimum Gasteiger partial charge on any atom is -0.358 e. The van der Waals surface area contributed by atoms with Gasteiger partial charge in [0.05, 0.1) is 0 Å². The number of nitro groups is 1. The van der Waals surface area contributed by atoms with Gasteiger partial charge in [-0.05, 0) is 9.91 Å². The van der Waals surface area contributed by atoms with Gasteiger partial charge < -0.3 is 19.7 Å². The molecular formula is C9H10N6O3. The number of imidazole rings is 2. The molecule has 1 amide bonds. The number of nitrogens with one attached hydrogen (secondary N) is 2. The molecule has 0 unspecified atom stereocenters. The van der Waals surface area contributed by atoms with Crippen LogP contribution >= 0.6 is 0 Å². The normalized spacial score (nSPS) is 10.2. The lowest BCUT2D eigenvalue weighted by atomic mass is 10.4. The second kappa shape index (κ2) is 5.08. The van der Waals surface area contributed by atoms with E-state index >= 15 is 0 Å². The second-order valence-corrected chi connectivity index (χ2v) is 3.46. The average Bonchev–Trinajstić information content (AvgIpc) is 2.96. The lowest BCUT2D eigenvalue weighted by Crippen LogP contribution is -2.14. The van der Waals surface area contributed by atoms with Crippen LogP contribution in [0.15, 0.2) is 24.9 Å². The zero-order valence-corrected chi connectivity index (χ0v) is 9.24. The smallest absolute Gasteiger partial charge is 0.358 e. The quantitative estimate of drug-likeness (QED) is 0.593. The Labute approximate surface area is 101 Å². The monoisotopic (exact) mass is 250 g/mol. The molecule has 0 saturated carbocycles. The molecule has 0 fully saturated rings. The molecule has 0 bridgehead atoms. The summed E-state index contributed by atoms with van der Waals surface area (Å²) in [4.78, 5) is 31.5.